The van der Waals surface area contributed by atoms with Gasteiger partial charge in [-0.3, -0.25) is 10.1 Å². The van der Waals surface area contributed by atoms with Gasteiger partial charge in [0.25, 0.3) is 5.91 Å². The Morgan fingerprint density at radius 1 is 0.968 bits per heavy atom. The van der Waals surface area contributed by atoms with Crippen molar-refractivity contribution in [3.05, 3.63) is 24.3 Å². The standard InChI is InChI=1S/C24H40N2O5/c1-3-5-6-7-8-9-10-12-21(4-2)30-18-11-17-25-24(29)26-23(28)19-31-22-15-13-20(27)14-16-22/h13-16,21,27H,3-12,17-19H2,1-2H3,(H2,25,26,28,29). The van der Waals surface area contributed by atoms with Crippen LogP contribution in [0.4, 0.5) is 4.79 Å². The first-order valence-corrected chi connectivity index (χ1v) is 11.7. The minimum atomic E-state index is -0.547. The predicted octanol–water partition coefficient (Wildman–Crippen LogP) is 4.92. The molecule has 0 aromatic heterocycles. The number of hydrogen-bond donors (Lipinski definition) is 3. The van der Waals surface area contributed by atoms with Crippen LogP contribution in [0.25, 0.3) is 0 Å². The summed E-state index contributed by atoms with van der Waals surface area (Å²) in [6.07, 6.45) is 12.2. The van der Waals surface area contributed by atoms with Crippen LogP contribution in [0.3, 0.4) is 0 Å². The molecule has 3 amide bonds. The molecule has 1 unspecified atom stereocenters. The van der Waals surface area contributed by atoms with Gasteiger partial charge in [0.2, 0.25) is 0 Å². The Balaban J connectivity index is 2.02. The van der Waals surface area contributed by atoms with Gasteiger partial charge >= 0.3 is 6.03 Å². The number of phenols is 1. The van der Waals surface area contributed by atoms with E-state index in [-0.39, 0.29) is 18.5 Å². The fraction of sp³-hybridized carbons (Fsp3) is 0.667. The highest BCUT2D eigenvalue weighted by Crippen LogP contribution is 2.15. The van der Waals surface area contributed by atoms with E-state index in [0.29, 0.717) is 25.3 Å². The van der Waals surface area contributed by atoms with E-state index in [1.165, 1.54) is 57.1 Å². The second kappa shape index (κ2) is 17.4. The minimum absolute atomic E-state index is 0.114. The number of carbonyl (C=O) groups excluding carboxylic acids is 2. The number of hydrogen-bond acceptors (Lipinski definition) is 5. The topological polar surface area (TPSA) is 96.9 Å². The molecule has 1 aromatic carbocycles. The number of amides is 3. The van der Waals surface area contributed by atoms with E-state index < -0.39 is 11.9 Å². The summed E-state index contributed by atoms with van der Waals surface area (Å²) in [5, 5.41) is 14.1. The molecule has 1 rings (SSSR count). The Morgan fingerprint density at radius 3 is 2.32 bits per heavy atom. The fourth-order valence-corrected chi connectivity index (χ4v) is 3.16. The molecule has 0 radical (unpaired) electrons. The van der Waals surface area contributed by atoms with Gasteiger partial charge in [0, 0.05) is 13.2 Å². The molecule has 0 saturated carbocycles. The molecule has 7 heteroatoms. The van der Waals surface area contributed by atoms with Crippen molar-refractivity contribution in [3.63, 3.8) is 0 Å². The van der Waals surface area contributed by atoms with Crippen molar-refractivity contribution < 1.29 is 24.2 Å². The fourth-order valence-electron chi connectivity index (χ4n) is 3.16. The second-order valence-corrected chi connectivity index (χ2v) is 7.75. The van der Waals surface area contributed by atoms with Crippen LogP contribution in [0.5, 0.6) is 11.5 Å². The van der Waals surface area contributed by atoms with E-state index in [1.807, 2.05) is 0 Å². The van der Waals surface area contributed by atoms with Crippen LogP contribution in [0.2, 0.25) is 0 Å². The first-order valence-electron chi connectivity index (χ1n) is 11.7. The van der Waals surface area contributed by atoms with Gasteiger partial charge in [-0.15, -0.1) is 0 Å². The third kappa shape index (κ3) is 14.4. The zero-order valence-electron chi connectivity index (χ0n) is 19.2. The largest absolute Gasteiger partial charge is 0.508 e. The summed E-state index contributed by atoms with van der Waals surface area (Å²) < 4.78 is 11.2. The molecule has 31 heavy (non-hydrogen) atoms. The lowest BCUT2D eigenvalue weighted by molar-refractivity contribution is -0.122. The molecule has 7 nitrogen and oxygen atoms in total. The second-order valence-electron chi connectivity index (χ2n) is 7.75. The van der Waals surface area contributed by atoms with Crippen molar-refractivity contribution in [2.24, 2.45) is 0 Å². The maximum Gasteiger partial charge on any atom is 0.321 e. The van der Waals surface area contributed by atoms with Crippen molar-refractivity contribution in [2.45, 2.75) is 84.2 Å². The number of aromatic hydroxyl groups is 1. The molecule has 0 aliphatic carbocycles. The van der Waals surface area contributed by atoms with E-state index in [4.69, 9.17) is 9.47 Å². The molecule has 176 valence electrons. The molecule has 0 spiro atoms. The molecular formula is C24H40N2O5. The van der Waals surface area contributed by atoms with Gasteiger partial charge in [-0.1, -0.05) is 58.8 Å². The maximum atomic E-state index is 11.8. The first-order chi connectivity index (χ1) is 15.0. The van der Waals surface area contributed by atoms with Gasteiger partial charge < -0.3 is 19.9 Å². The van der Waals surface area contributed by atoms with Crippen molar-refractivity contribution in [3.8, 4) is 11.5 Å². The third-order valence-corrected chi connectivity index (χ3v) is 5.00. The molecule has 0 aliphatic rings. The SMILES string of the molecule is CCCCCCCCCC(CC)OCCCNC(=O)NC(=O)COc1ccc(O)cc1. The van der Waals surface area contributed by atoms with Crippen LogP contribution in [-0.4, -0.2) is 42.9 Å². The Hall–Kier alpha value is -2.28. The monoisotopic (exact) mass is 436 g/mol. The summed E-state index contributed by atoms with van der Waals surface area (Å²) >= 11 is 0. The Morgan fingerprint density at radius 2 is 1.65 bits per heavy atom. The summed E-state index contributed by atoms with van der Waals surface area (Å²) in [6, 6.07) is 5.45. The Kier molecular flexibility index (Phi) is 15.0. The molecule has 3 N–H and O–H groups in total. The van der Waals surface area contributed by atoms with Crippen molar-refractivity contribution >= 4 is 11.9 Å². The van der Waals surface area contributed by atoms with E-state index in [1.54, 1.807) is 12.1 Å². The Labute approximate surface area is 186 Å². The number of ether oxygens (including phenoxy) is 2. The molecule has 0 fully saturated rings. The lowest BCUT2D eigenvalue weighted by atomic mass is 10.1. The molecule has 0 aliphatic heterocycles. The molecule has 1 aromatic rings. The van der Waals surface area contributed by atoms with Crippen LogP contribution in [0, 0.1) is 0 Å². The smallest absolute Gasteiger partial charge is 0.321 e. The van der Waals surface area contributed by atoms with Crippen LogP contribution in [-0.2, 0) is 9.53 Å². The van der Waals surface area contributed by atoms with Crippen LogP contribution >= 0.6 is 0 Å². The lowest BCUT2D eigenvalue weighted by Crippen LogP contribution is -2.42. The number of urea groups is 1. The van der Waals surface area contributed by atoms with Crippen LogP contribution in [0.1, 0.15) is 78.1 Å². The predicted molar refractivity (Wildman–Crippen MR) is 122 cm³/mol. The van der Waals surface area contributed by atoms with Gasteiger partial charge in [0.15, 0.2) is 6.61 Å². The number of rotatable bonds is 17. The van der Waals surface area contributed by atoms with E-state index in [2.05, 4.69) is 24.5 Å². The van der Waals surface area contributed by atoms with Gasteiger partial charge in [-0.05, 0) is 43.5 Å². The highest BCUT2D eigenvalue weighted by Gasteiger charge is 2.09. The zero-order chi connectivity index (χ0) is 22.7. The van der Waals surface area contributed by atoms with E-state index in [9.17, 15) is 14.7 Å². The summed E-state index contributed by atoms with van der Waals surface area (Å²) in [5.74, 6) is 0.0123. The Bertz CT molecular complexity index is 606. The molecule has 1 atom stereocenters. The van der Waals surface area contributed by atoms with E-state index in [0.717, 1.165) is 12.8 Å². The minimum Gasteiger partial charge on any atom is -0.508 e. The lowest BCUT2D eigenvalue weighted by Gasteiger charge is -2.16. The van der Waals surface area contributed by atoms with Gasteiger partial charge in [-0.2, -0.15) is 0 Å². The number of benzene rings is 1. The zero-order valence-corrected chi connectivity index (χ0v) is 19.2. The van der Waals surface area contributed by atoms with Crippen LogP contribution in [0.15, 0.2) is 24.3 Å². The summed E-state index contributed by atoms with van der Waals surface area (Å²) in [5.41, 5.74) is 0. The number of unbranched alkanes of at least 4 members (excludes halogenated alkanes) is 6. The van der Waals surface area contributed by atoms with Crippen LogP contribution < -0.4 is 15.4 Å². The number of carbonyl (C=O) groups is 2. The van der Waals surface area contributed by atoms with E-state index >= 15 is 0 Å². The average molecular weight is 437 g/mol. The first kappa shape index (κ1) is 26.8. The maximum absolute atomic E-state index is 11.8. The normalized spacial score (nSPS) is 11.7. The number of phenolic OH excluding ortho intramolecular Hbond substituents is 1. The quantitative estimate of drug-likeness (QED) is 0.301. The summed E-state index contributed by atoms with van der Waals surface area (Å²) in [4.78, 5) is 23.5. The average Bonchev–Trinajstić information content (AvgIpc) is 2.76. The van der Waals surface area contributed by atoms with Crippen molar-refractivity contribution in [1.82, 2.24) is 10.6 Å². The number of nitrogens with one attached hydrogen (secondary N) is 2. The summed E-state index contributed by atoms with van der Waals surface area (Å²) in [7, 11) is 0. The van der Waals surface area contributed by atoms with Crippen molar-refractivity contribution in [1.29, 1.82) is 0 Å². The molecule has 0 heterocycles. The van der Waals surface area contributed by atoms with Crippen molar-refractivity contribution in [2.75, 3.05) is 19.8 Å². The number of imide groups is 1. The highest BCUT2D eigenvalue weighted by molar-refractivity contribution is 5.94. The van der Waals surface area contributed by atoms with Gasteiger partial charge in [-0.25, -0.2) is 4.79 Å². The van der Waals surface area contributed by atoms with Gasteiger partial charge in [0.05, 0.1) is 6.10 Å². The molecule has 0 saturated heterocycles. The highest BCUT2D eigenvalue weighted by atomic mass is 16.5. The molecule has 0 bridgehead atoms. The van der Waals surface area contributed by atoms with Gasteiger partial charge in [0.1, 0.15) is 11.5 Å². The molecular weight excluding hydrogens is 396 g/mol. The third-order valence-electron chi connectivity index (χ3n) is 5.00. The summed E-state index contributed by atoms with van der Waals surface area (Å²) in [6.45, 7) is 5.13.